The minimum atomic E-state index is -1.75. The highest BCUT2D eigenvalue weighted by Gasteiger charge is 2.73. The van der Waals surface area contributed by atoms with Gasteiger partial charge in [-0.25, -0.2) is 0 Å². The summed E-state index contributed by atoms with van der Waals surface area (Å²) in [6.07, 6.45) is -3.15. The van der Waals surface area contributed by atoms with Crippen LogP contribution in [0.3, 0.4) is 0 Å². The Morgan fingerprint density at radius 1 is 1.36 bits per heavy atom. The third-order valence-electron chi connectivity index (χ3n) is 5.07. The molecule has 0 amide bonds. The van der Waals surface area contributed by atoms with Gasteiger partial charge < -0.3 is 29.2 Å². The van der Waals surface area contributed by atoms with Crippen LogP contribution in [-0.4, -0.2) is 58.6 Å². The molecule has 0 aromatic carbocycles. The van der Waals surface area contributed by atoms with E-state index in [1.54, 1.807) is 0 Å². The van der Waals surface area contributed by atoms with E-state index in [2.05, 4.69) is 6.58 Å². The van der Waals surface area contributed by atoms with Crippen LogP contribution in [0.2, 0.25) is 0 Å². The average molecular weight is 356 g/mol. The molecule has 4 bridgehead atoms. The Balaban J connectivity index is 1.93. The molecule has 8 nitrogen and oxygen atoms in total. The van der Waals surface area contributed by atoms with E-state index < -0.39 is 47.7 Å². The number of hydrogen-bond donors (Lipinski definition) is 2. The summed E-state index contributed by atoms with van der Waals surface area (Å²) in [6.45, 7) is 8.54. The third kappa shape index (κ3) is 2.87. The van der Waals surface area contributed by atoms with Gasteiger partial charge in [0.25, 0.3) is 0 Å². The number of esters is 2. The van der Waals surface area contributed by atoms with Crippen molar-refractivity contribution in [3.8, 4) is 0 Å². The minimum absolute atomic E-state index is 0.0615. The van der Waals surface area contributed by atoms with Crippen LogP contribution in [0.1, 0.15) is 33.6 Å². The van der Waals surface area contributed by atoms with Crippen LogP contribution in [-0.2, 0) is 28.5 Å². The molecule has 8 heteroatoms. The lowest BCUT2D eigenvalue weighted by Gasteiger charge is -2.43. The molecule has 1 saturated carbocycles. The lowest BCUT2D eigenvalue weighted by atomic mass is 9.77. The van der Waals surface area contributed by atoms with Crippen LogP contribution in [0, 0.1) is 11.8 Å². The van der Waals surface area contributed by atoms with Crippen LogP contribution in [0.4, 0.5) is 0 Å². The van der Waals surface area contributed by atoms with E-state index in [9.17, 15) is 19.8 Å². The van der Waals surface area contributed by atoms with Crippen molar-refractivity contribution in [3.05, 3.63) is 12.2 Å². The van der Waals surface area contributed by atoms with Crippen molar-refractivity contribution < 1.29 is 38.7 Å². The highest BCUT2D eigenvalue weighted by molar-refractivity contribution is 5.70. The Morgan fingerprint density at radius 2 is 2.04 bits per heavy atom. The molecule has 4 aliphatic rings. The van der Waals surface area contributed by atoms with Crippen LogP contribution in [0.5, 0.6) is 0 Å². The molecule has 0 radical (unpaired) electrons. The number of ether oxygens (including phenoxy) is 4. The van der Waals surface area contributed by atoms with Gasteiger partial charge in [0.15, 0.2) is 6.29 Å². The summed E-state index contributed by atoms with van der Waals surface area (Å²) in [4.78, 5) is 23.5. The molecule has 4 rings (SSSR count). The first-order chi connectivity index (χ1) is 11.6. The molecule has 0 aromatic heterocycles. The molecular weight excluding hydrogens is 332 g/mol. The zero-order chi connectivity index (χ0) is 18.6. The number of aliphatic hydroxyl groups is 2. The number of carbonyl (C=O) groups excluding carboxylic acids is 2. The number of fused-ring (bicyclic) bond motifs is 2. The second kappa shape index (κ2) is 6.05. The average Bonchev–Trinajstić information content (AvgIpc) is 2.56. The SMILES string of the molecule is C=C1[C@@H]2OC[C@@]3(O)[C@@H](OC(C)=O)C[C@@]1(O)[C@@H]3[C@H](OC(=O)CC(C)C)O2. The van der Waals surface area contributed by atoms with Crippen molar-refractivity contribution in [2.24, 2.45) is 11.8 Å². The summed E-state index contributed by atoms with van der Waals surface area (Å²) in [6, 6.07) is 0. The van der Waals surface area contributed by atoms with Gasteiger partial charge in [-0.1, -0.05) is 20.4 Å². The summed E-state index contributed by atoms with van der Waals surface area (Å²) in [5.74, 6) is -2.08. The van der Waals surface area contributed by atoms with Crippen molar-refractivity contribution in [2.45, 2.75) is 63.5 Å². The van der Waals surface area contributed by atoms with Crippen LogP contribution in [0.25, 0.3) is 0 Å². The molecule has 3 saturated heterocycles. The first kappa shape index (κ1) is 18.3. The number of rotatable bonds is 4. The van der Waals surface area contributed by atoms with Gasteiger partial charge in [0.2, 0.25) is 6.29 Å². The predicted molar refractivity (Wildman–Crippen MR) is 82.9 cm³/mol. The summed E-state index contributed by atoms with van der Waals surface area (Å²) in [5, 5.41) is 22.3. The maximum atomic E-state index is 12.1. The van der Waals surface area contributed by atoms with E-state index in [0.29, 0.717) is 0 Å². The molecule has 3 aliphatic heterocycles. The summed E-state index contributed by atoms with van der Waals surface area (Å²) in [7, 11) is 0. The zero-order valence-electron chi connectivity index (χ0n) is 14.6. The Kier molecular flexibility index (Phi) is 4.43. The fraction of sp³-hybridized carbons (Fsp3) is 0.765. The first-order valence-corrected chi connectivity index (χ1v) is 8.35. The first-order valence-electron chi connectivity index (χ1n) is 8.35. The van der Waals surface area contributed by atoms with Crippen molar-refractivity contribution in [2.75, 3.05) is 6.61 Å². The van der Waals surface area contributed by atoms with Gasteiger partial charge in [-0.3, -0.25) is 9.59 Å². The van der Waals surface area contributed by atoms with Gasteiger partial charge in [-0.2, -0.15) is 0 Å². The Labute approximate surface area is 145 Å². The maximum absolute atomic E-state index is 12.1. The van der Waals surface area contributed by atoms with Crippen molar-refractivity contribution >= 4 is 11.9 Å². The Bertz CT molecular complexity index is 601. The lowest BCUT2D eigenvalue weighted by molar-refractivity contribution is -0.272. The zero-order valence-corrected chi connectivity index (χ0v) is 14.6. The monoisotopic (exact) mass is 356 g/mol. The summed E-state index contributed by atoms with van der Waals surface area (Å²) in [5.41, 5.74) is -3.16. The van der Waals surface area contributed by atoms with Gasteiger partial charge in [0.1, 0.15) is 17.3 Å². The largest absolute Gasteiger partial charge is 0.459 e. The van der Waals surface area contributed by atoms with Gasteiger partial charge in [-0.05, 0) is 5.92 Å². The third-order valence-corrected chi connectivity index (χ3v) is 5.07. The lowest BCUT2D eigenvalue weighted by Crippen LogP contribution is -2.58. The maximum Gasteiger partial charge on any atom is 0.308 e. The van der Waals surface area contributed by atoms with E-state index >= 15 is 0 Å². The highest BCUT2D eigenvalue weighted by atomic mass is 16.8. The molecule has 3 heterocycles. The molecule has 0 aromatic rings. The topological polar surface area (TPSA) is 112 Å². The van der Waals surface area contributed by atoms with E-state index in [4.69, 9.17) is 18.9 Å². The molecule has 140 valence electrons. The Morgan fingerprint density at radius 3 is 2.64 bits per heavy atom. The molecule has 0 spiro atoms. The normalized spacial score (nSPS) is 42.4. The van der Waals surface area contributed by atoms with Crippen molar-refractivity contribution in [1.82, 2.24) is 0 Å². The number of carbonyl (C=O) groups is 2. The molecule has 2 N–H and O–H groups in total. The smallest absolute Gasteiger partial charge is 0.308 e. The minimum Gasteiger partial charge on any atom is -0.459 e. The molecule has 4 fully saturated rings. The molecular formula is C17H24O8. The number of hydrogen-bond acceptors (Lipinski definition) is 8. The van der Waals surface area contributed by atoms with E-state index in [1.165, 1.54) is 6.92 Å². The van der Waals surface area contributed by atoms with Gasteiger partial charge >= 0.3 is 11.9 Å². The van der Waals surface area contributed by atoms with Crippen LogP contribution in [0.15, 0.2) is 12.2 Å². The fourth-order valence-corrected chi connectivity index (χ4v) is 3.96. The molecule has 25 heavy (non-hydrogen) atoms. The fourth-order valence-electron chi connectivity index (χ4n) is 3.96. The standard InChI is InChI=1S/C17H24O8/c1-8(2)5-12(19)24-15-13-16(20)6-11(23-10(4)18)17(13,21)7-22-14(25-15)9(16)3/h8,11,13-15,20-21H,3,5-7H2,1-2,4H3/t11-,13-,14+,15+,16-,17+/m0/s1. The van der Waals surface area contributed by atoms with E-state index in [0.717, 1.165) is 0 Å². The van der Waals surface area contributed by atoms with Gasteiger partial charge in [0, 0.05) is 25.3 Å². The Hall–Kier alpha value is -1.48. The van der Waals surface area contributed by atoms with Crippen molar-refractivity contribution in [1.29, 1.82) is 0 Å². The highest BCUT2D eigenvalue weighted by Crippen LogP contribution is 2.57. The quantitative estimate of drug-likeness (QED) is 0.545. The molecule has 1 aliphatic carbocycles. The second-order valence-electron chi connectivity index (χ2n) is 7.46. The van der Waals surface area contributed by atoms with Crippen molar-refractivity contribution in [3.63, 3.8) is 0 Å². The summed E-state index contributed by atoms with van der Waals surface area (Å²) < 4.78 is 21.7. The van der Waals surface area contributed by atoms with Crippen LogP contribution >= 0.6 is 0 Å². The molecule has 0 unspecified atom stereocenters. The van der Waals surface area contributed by atoms with E-state index in [1.807, 2.05) is 13.8 Å². The van der Waals surface area contributed by atoms with Gasteiger partial charge in [-0.15, -0.1) is 0 Å². The predicted octanol–water partition coefficient (Wildman–Crippen LogP) is 0.258. The second-order valence-corrected chi connectivity index (χ2v) is 7.46. The molecule has 6 atom stereocenters. The van der Waals surface area contributed by atoms with E-state index in [-0.39, 0.29) is 30.9 Å². The van der Waals surface area contributed by atoms with Gasteiger partial charge in [0.05, 0.1) is 12.5 Å². The van der Waals surface area contributed by atoms with Crippen LogP contribution < -0.4 is 0 Å². The summed E-state index contributed by atoms with van der Waals surface area (Å²) >= 11 is 0.